The highest BCUT2D eigenvalue weighted by Crippen LogP contribution is 2.62. The lowest BCUT2D eigenvalue weighted by atomic mass is 9.55. The molecular weight excluding hydrogens is 891 g/mol. The van der Waals surface area contributed by atoms with Gasteiger partial charge >= 0.3 is 6.09 Å². The number of aliphatic hydroxyl groups is 2. The first-order valence-corrected chi connectivity index (χ1v) is 26.8. The van der Waals surface area contributed by atoms with Crippen molar-refractivity contribution in [2.45, 2.75) is 154 Å². The van der Waals surface area contributed by atoms with E-state index in [1.54, 1.807) is 12.1 Å². The van der Waals surface area contributed by atoms with Crippen LogP contribution in [-0.4, -0.2) is 71.0 Å². The van der Waals surface area contributed by atoms with E-state index in [9.17, 15) is 15.0 Å². The number of hydrogen-bond acceptors (Lipinski definition) is 9. The molecule has 0 radical (unpaired) electrons. The molecule has 71 heavy (non-hydrogen) atoms. The van der Waals surface area contributed by atoms with Crippen molar-refractivity contribution in [1.29, 1.82) is 0 Å². The lowest BCUT2D eigenvalue weighted by Gasteiger charge is -2.60. The zero-order valence-electron chi connectivity index (χ0n) is 42.4. The van der Waals surface area contributed by atoms with Crippen LogP contribution in [0.5, 0.6) is 11.5 Å². The number of benzene rings is 4. The summed E-state index contributed by atoms with van der Waals surface area (Å²) in [5, 5.41) is 30.1. The molecule has 1 saturated carbocycles. The highest BCUT2D eigenvalue weighted by molar-refractivity contribution is 6.03. The summed E-state index contributed by atoms with van der Waals surface area (Å²) in [6.07, 6.45) is 19.0. The predicted octanol–water partition coefficient (Wildman–Crippen LogP) is 12.7. The number of amides is 2. The van der Waals surface area contributed by atoms with Gasteiger partial charge in [0.1, 0.15) is 24.1 Å². The van der Waals surface area contributed by atoms with E-state index in [0.29, 0.717) is 50.3 Å². The number of oxime groups is 1. The monoisotopic (exact) mass is 970 g/mol. The second kappa shape index (κ2) is 27.4. The van der Waals surface area contributed by atoms with Crippen LogP contribution >= 0.6 is 0 Å². The molecule has 6 atom stereocenters. The van der Waals surface area contributed by atoms with Crippen molar-refractivity contribution < 1.29 is 38.9 Å². The van der Waals surface area contributed by atoms with E-state index in [4.69, 9.17) is 24.2 Å². The van der Waals surface area contributed by atoms with Gasteiger partial charge in [0.2, 0.25) is 11.7 Å². The highest BCUT2D eigenvalue weighted by atomic mass is 16.7. The summed E-state index contributed by atoms with van der Waals surface area (Å²) in [4.78, 5) is 36.9. The summed E-state index contributed by atoms with van der Waals surface area (Å²) in [6, 6.07) is 29.5. The van der Waals surface area contributed by atoms with Crippen molar-refractivity contribution in [3.05, 3.63) is 132 Å². The van der Waals surface area contributed by atoms with Crippen LogP contribution in [0, 0.1) is 17.8 Å². The second-order valence-corrected chi connectivity index (χ2v) is 19.7. The number of allylic oxidation sites excluding steroid dienone is 1. The second-order valence-electron chi connectivity index (χ2n) is 19.7. The Balaban J connectivity index is 1.40. The Morgan fingerprint density at radius 1 is 0.845 bits per heavy atom. The fourth-order valence-electron chi connectivity index (χ4n) is 11.5. The molecule has 1 heterocycles. The molecule has 2 aliphatic carbocycles. The maximum Gasteiger partial charge on any atom is 0.412 e. The number of aliphatic hydroxyl groups excluding tert-OH is 2. The van der Waals surface area contributed by atoms with E-state index in [1.165, 1.54) is 38.5 Å². The zero-order chi connectivity index (χ0) is 49.8. The lowest BCUT2D eigenvalue weighted by Crippen LogP contribution is -2.70. The Morgan fingerprint density at radius 2 is 1.56 bits per heavy atom. The van der Waals surface area contributed by atoms with Crippen molar-refractivity contribution in [2.24, 2.45) is 22.9 Å². The summed E-state index contributed by atoms with van der Waals surface area (Å²) in [7, 11) is 0. The van der Waals surface area contributed by atoms with Crippen LogP contribution in [0.3, 0.4) is 0 Å². The van der Waals surface area contributed by atoms with Crippen molar-refractivity contribution >= 4 is 28.5 Å². The molecule has 0 unspecified atom stereocenters. The van der Waals surface area contributed by atoms with Gasteiger partial charge in [-0.1, -0.05) is 161 Å². The molecule has 1 fully saturated rings. The van der Waals surface area contributed by atoms with Gasteiger partial charge in [-0.15, -0.1) is 6.58 Å². The zero-order valence-corrected chi connectivity index (χ0v) is 42.4. The van der Waals surface area contributed by atoms with E-state index in [0.717, 1.165) is 83.7 Å². The van der Waals surface area contributed by atoms with Crippen LogP contribution in [0.15, 0.2) is 120 Å². The Hall–Kier alpha value is -5.49. The molecule has 3 aliphatic rings. The molecule has 382 valence electrons. The van der Waals surface area contributed by atoms with E-state index in [1.807, 2.05) is 66.4 Å². The van der Waals surface area contributed by atoms with Crippen LogP contribution in [0.2, 0.25) is 0 Å². The van der Waals surface area contributed by atoms with Gasteiger partial charge in [-0.3, -0.25) is 4.79 Å². The van der Waals surface area contributed by atoms with Crippen LogP contribution in [0.25, 0.3) is 10.8 Å². The molecule has 3 N–H and O–H groups in total. The third-order valence-electron chi connectivity index (χ3n) is 14.8. The van der Waals surface area contributed by atoms with Gasteiger partial charge in [-0.05, 0) is 96.5 Å². The minimum atomic E-state index is -1.43. The molecule has 0 spiro atoms. The van der Waals surface area contributed by atoms with Crippen LogP contribution in [0.1, 0.15) is 146 Å². The Kier molecular flexibility index (Phi) is 20.5. The number of nitrogens with zero attached hydrogens (tertiary/aromatic N) is 2. The number of hydrogen-bond donors (Lipinski definition) is 3. The van der Waals surface area contributed by atoms with Crippen LogP contribution < -0.4 is 14.8 Å². The number of nitrogens with one attached hydrogen (secondary N) is 1. The van der Waals surface area contributed by atoms with Crippen molar-refractivity contribution in [1.82, 2.24) is 10.2 Å². The minimum absolute atomic E-state index is 0.0116. The summed E-state index contributed by atoms with van der Waals surface area (Å²) in [5.74, 6) is -1.13. The van der Waals surface area contributed by atoms with Crippen molar-refractivity contribution in [3.63, 3.8) is 0 Å². The van der Waals surface area contributed by atoms with Crippen LogP contribution in [0.4, 0.5) is 4.79 Å². The maximum atomic E-state index is 15.5. The first kappa shape index (κ1) is 53.3. The Bertz CT molecular complexity index is 2380. The largest absolute Gasteiger partial charge is 0.459 e. The van der Waals surface area contributed by atoms with E-state index < -0.39 is 23.8 Å². The quantitative estimate of drug-likeness (QED) is 0.0278. The van der Waals surface area contributed by atoms with Gasteiger partial charge in [0.15, 0.2) is 0 Å². The molecule has 0 bridgehead atoms. The fraction of sp³-hybridized carbons (Fsp3) is 0.517. The normalized spacial score (nSPS) is 21.7. The van der Waals surface area contributed by atoms with E-state index >= 15 is 4.79 Å². The van der Waals surface area contributed by atoms with Gasteiger partial charge < -0.3 is 39.5 Å². The number of fused-ring (bicyclic) bond motifs is 3. The summed E-state index contributed by atoms with van der Waals surface area (Å²) >= 11 is 0. The first-order chi connectivity index (χ1) is 34.8. The van der Waals surface area contributed by atoms with E-state index in [-0.39, 0.29) is 50.1 Å². The van der Waals surface area contributed by atoms with Crippen molar-refractivity contribution in [2.75, 3.05) is 26.4 Å². The summed E-state index contributed by atoms with van der Waals surface area (Å²) < 4.78 is 20.7. The SMILES string of the molecule is C=CCO[C@@]12Oc3ccc(OC(=O)NCC)cc3[C@H]3[C@H](CCCCO)[C@@H](CCCCO)C=C(C(=NOCc4ccccc4)C[C@@H]1N(Cc1cccc4ccccc14)C(=O)CCCCCCCCCCC)[C@H]32. The Labute approximate surface area is 422 Å². The minimum Gasteiger partial charge on any atom is -0.459 e. The molecule has 7 rings (SSSR count). The van der Waals surface area contributed by atoms with Crippen molar-refractivity contribution in [3.8, 4) is 11.5 Å². The fourth-order valence-corrected chi connectivity index (χ4v) is 11.5. The Morgan fingerprint density at radius 3 is 2.31 bits per heavy atom. The highest BCUT2D eigenvalue weighted by Gasteiger charge is 2.65. The molecule has 4 aromatic carbocycles. The standard InChI is InChI=1S/C60H79N3O8/c1-4-7-8-9-10-11-12-13-17-33-56(66)63(42-47-30-24-29-45-27-18-19-31-49(45)47)55-41-53(62-69-43-44-25-15-14-16-26-44)51-39-46(28-20-22-36-64)50(32-21-23-37-65)57-52-40-48(70-59(67)61-6-3)34-35-54(52)71-60(55,58(51)57)68-38-5-2/h5,14-16,18-19,24-27,29-31,34-35,39-40,46,50,55,57-58,64-65H,2,4,6-13,17,20-23,28,32-33,36-38,41-43H2,1,3H3,(H,61,67)/t46-,50+,55-,57+,58+,60+/m0/s1. The smallest absolute Gasteiger partial charge is 0.412 e. The summed E-state index contributed by atoms with van der Waals surface area (Å²) in [6.45, 7) is 9.54. The average molecular weight is 970 g/mol. The number of rotatable bonds is 29. The third-order valence-corrected chi connectivity index (χ3v) is 14.8. The van der Waals surface area contributed by atoms with Gasteiger partial charge in [0, 0.05) is 50.6 Å². The molecule has 4 aromatic rings. The van der Waals surface area contributed by atoms with E-state index in [2.05, 4.69) is 55.2 Å². The molecular formula is C60H79N3O8. The maximum absolute atomic E-state index is 15.5. The molecule has 0 aromatic heterocycles. The molecule has 1 aliphatic heterocycles. The third kappa shape index (κ3) is 13.5. The van der Waals surface area contributed by atoms with Gasteiger partial charge in [-0.25, -0.2) is 4.79 Å². The number of unbranched alkanes of at least 4 members (excludes halogenated alkanes) is 10. The van der Waals surface area contributed by atoms with Gasteiger partial charge in [-0.2, -0.15) is 0 Å². The van der Waals surface area contributed by atoms with Gasteiger partial charge in [0.25, 0.3) is 0 Å². The number of carbonyl (C=O) groups is 2. The summed E-state index contributed by atoms with van der Waals surface area (Å²) in [5.41, 5.74) is 4.58. The topological polar surface area (TPSA) is 139 Å². The molecule has 11 heteroatoms. The van der Waals surface area contributed by atoms with Gasteiger partial charge in [0.05, 0.1) is 18.2 Å². The first-order valence-electron chi connectivity index (χ1n) is 26.8. The number of ether oxygens (including phenoxy) is 3. The molecule has 11 nitrogen and oxygen atoms in total. The number of carbonyl (C=O) groups excluding carboxylic acids is 2. The predicted molar refractivity (Wildman–Crippen MR) is 282 cm³/mol. The average Bonchev–Trinajstić information content (AvgIpc) is 3.38. The molecule has 0 saturated heterocycles. The van der Waals surface area contributed by atoms with Crippen LogP contribution in [-0.2, 0) is 27.5 Å². The molecule has 2 amide bonds. The lowest BCUT2D eigenvalue weighted by molar-refractivity contribution is -0.258.